The highest BCUT2D eigenvalue weighted by molar-refractivity contribution is 5.92. The van der Waals surface area contributed by atoms with E-state index in [0.29, 0.717) is 24.1 Å². The average Bonchev–Trinajstić information content (AvgIpc) is 2.84. The molecule has 2 unspecified atom stereocenters. The molecular weight excluding hydrogens is 478 g/mol. The van der Waals surface area contributed by atoms with Gasteiger partial charge in [0.05, 0.1) is 0 Å². The zero-order valence-electron chi connectivity index (χ0n) is 23.6. The molecule has 2 N–H and O–H groups in total. The Kier molecular flexibility index (Phi) is 10.9. The summed E-state index contributed by atoms with van der Waals surface area (Å²) in [4.78, 5) is 42.0. The minimum absolute atomic E-state index is 0.105. The second-order valence-electron chi connectivity index (χ2n) is 11.0. The van der Waals surface area contributed by atoms with E-state index >= 15 is 0 Å². The molecule has 2 rings (SSSR count). The maximum Gasteiger partial charge on any atom is 0.408 e. The minimum Gasteiger partial charge on any atom is -0.444 e. The molecule has 0 saturated heterocycles. The lowest BCUT2D eigenvalue weighted by Crippen LogP contribution is -2.55. The van der Waals surface area contributed by atoms with Crippen LogP contribution in [0.25, 0.3) is 0 Å². The van der Waals surface area contributed by atoms with Crippen LogP contribution in [0.1, 0.15) is 77.6 Å². The highest BCUT2D eigenvalue weighted by Gasteiger charge is 2.38. The molecule has 204 valence electrons. The summed E-state index contributed by atoms with van der Waals surface area (Å²) < 4.78 is 5.43. The largest absolute Gasteiger partial charge is 0.444 e. The number of rotatable bonds is 10. The highest BCUT2D eigenvalue weighted by atomic mass is 16.6. The van der Waals surface area contributed by atoms with Crippen molar-refractivity contribution >= 4 is 17.9 Å². The van der Waals surface area contributed by atoms with Gasteiger partial charge in [-0.15, -0.1) is 6.42 Å². The average molecular weight is 520 g/mol. The molecule has 7 nitrogen and oxygen atoms in total. The second-order valence-corrected chi connectivity index (χ2v) is 11.0. The van der Waals surface area contributed by atoms with Crippen LogP contribution >= 0.6 is 0 Å². The van der Waals surface area contributed by atoms with Crippen molar-refractivity contribution in [3.05, 3.63) is 71.3 Å². The number of carbonyl (C=O) groups excluding carboxylic acids is 3. The molecule has 0 aromatic heterocycles. The molecule has 7 heteroatoms. The van der Waals surface area contributed by atoms with Gasteiger partial charge in [-0.2, -0.15) is 0 Å². The summed E-state index contributed by atoms with van der Waals surface area (Å²) in [6, 6.07) is 14.4. The van der Waals surface area contributed by atoms with Gasteiger partial charge in [0.1, 0.15) is 17.7 Å². The van der Waals surface area contributed by atoms with Crippen molar-refractivity contribution in [1.29, 1.82) is 0 Å². The van der Waals surface area contributed by atoms with Crippen LogP contribution in [0.4, 0.5) is 4.79 Å². The fraction of sp³-hybridized carbons (Fsp3) is 0.452. The molecule has 0 saturated carbocycles. The summed E-state index contributed by atoms with van der Waals surface area (Å²) >= 11 is 0. The van der Waals surface area contributed by atoms with Crippen molar-refractivity contribution in [1.82, 2.24) is 15.5 Å². The molecule has 0 aliphatic carbocycles. The first-order chi connectivity index (χ1) is 17.8. The summed E-state index contributed by atoms with van der Waals surface area (Å²) in [6.45, 7) is 13.2. The van der Waals surface area contributed by atoms with E-state index in [1.807, 2.05) is 58.0 Å². The van der Waals surface area contributed by atoms with Crippen molar-refractivity contribution in [3.63, 3.8) is 0 Å². The Hall–Kier alpha value is -3.79. The molecule has 0 heterocycles. The van der Waals surface area contributed by atoms with Gasteiger partial charge in [-0.25, -0.2) is 4.79 Å². The van der Waals surface area contributed by atoms with Crippen LogP contribution in [-0.4, -0.2) is 40.5 Å². The van der Waals surface area contributed by atoms with Gasteiger partial charge in [-0.05, 0) is 70.2 Å². The van der Waals surface area contributed by atoms with Gasteiger partial charge < -0.3 is 20.3 Å². The number of hydrogen-bond acceptors (Lipinski definition) is 4. The van der Waals surface area contributed by atoms with E-state index in [-0.39, 0.29) is 23.8 Å². The summed E-state index contributed by atoms with van der Waals surface area (Å²) in [5.74, 6) is 2.00. The monoisotopic (exact) mass is 519 g/mol. The first-order valence-corrected chi connectivity index (χ1v) is 13.0. The molecule has 2 aromatic carbocycles. The number of nitrogens with zero attached hydrogens (tertiary/aromatic N) is 1. The van der Waals surface area contributed by atoms with E-state index in [9.17, 15) is 14.4 Å². The number of carbonyl (C=O) groups is 3. The van der Waals surface area contributed by atoms with E-state index in [1.165, 1.54) is 4.90 Å². The third-order valence-corrected chi connectivity index (χ3v) is 5.74. The van der Waals surface area contributed by atoms with Gasteiger partial charge in [0.25, 0.3) is 0 Å². The fourth-order valence-corrected chi connectivity index (χ4v) is 4.08. The van der Waals surface area contributed by atoms with Gasteiger partial charge in [0.2, 0.25) is 11.8 Å². The maximum atomic E-state index is 14.1. The van der Waals surface area contributed by atoms with Crippen molar-refractivity contribution in [2.24, 2.45) is 5.92 Å². The highest BCUT2D eigenvalue weighted by Crippen LogP contribution is 2.26. The zero-order valence-corrected chi connectivity index (χ0v) is 23.6. The molecule has 2 aromatic rings. The number of hydrogen-bond donors (Lipinski definition) is 2. The van der Waals surface area contributed by atoms with Crippen molar-refractivity contribution in [2.75, 3.05) is 0 Å². The topological polar surface area (TPSA) is 87.7 Å². The summed E-state index contributed by atoms with van der Waals surface area (Å²) in [5.41, 5.74) is 1.52. The van der Waals surface area contributed by atoms with Crippen LogP contribution < -0.4 is 10.6 Å². The van der Waals surface area contributed by atoms with Crippen molar-refractivity contribution < 1.29 is 19.1 Å². The summed E-state index contributed by atoms with van der Waals surface area (Å²) in [5, 5.41) is 5.73. The number of benzene rings is 2. The number of nitrogens with one attached hydrogen (secondary N) is 2. The smallest absolute Gasteiger partial charge is 0.408 e. The Labute approximate surface area is 227 Å². The quantitative estimate of drug-likeness (QED) is 0.422. The molecule has 38 heavy (non-hydrogen) atoms. The molecule has 0 aliphatic heterocycles. The van der Waals surface area contributed by atoms with Crippen LogP contribution in [0, 0.1) is 18.3 Å². The lowest BCUT2D eigenvalue weighted by atomic mass is 9.97. The first kappa shape index (κ1) is 30.4. The van der Waals surface area contributed by atoms with Crippen LogP contribution in [0.15, 0.2) is 54.6 Å². The molecule has 0 aliphatic rings. The van der Waals surface area contributed by atoms with Crippen LogP contribution in [-0.2, 0) is 20.9 Å². The number of alkyl carbamates (subject to hydrolysis) is 1. The van der Waals surface area contributed by atoms with E-state index in [1.54, 1.807) is 45.0 Å². The first-order valence-electron chi connectivity index (χ1n) is 13.0. The van der Waals surface area contributed by atoms with Crippen LogP contribution in [0.5, 0.6) is 0 Å². The minimum atomic E-state index is -0.937. The summed E-state index contributed by atoms with van der Waals surface area (Å²) in [6.07, 6.45) is 5.24. The Morgan fingerprint density at radius 3 is 2.08 bits per heavy atom. The second kappa shape index (κ2) is 13.7. The number of terminal acetylenes is 1. The van der Waals surface area contributed by atoms with E-state index < -0.39 is 23.8 Å². The lowest BCUT2D eigenvalue weighted by molar-refractivity contribution is -0.145. The molecule has 0 fully saturated rings. The Bertz CT molecular complexity index is 1110. The number of amides is 3. The standard InChI is InChI=1S/C31H41N3O4/c1-9-23-15-17-25(18-16-23)27(28(35)32-20-24-13-11-10-12-14-24)34(22(4)5)29(36)26(19-21(2)3)33-30(37)38-31(6,7)8/h1,10-18,21-22,26-27H,19-20H2,2-8H3,(H,32,35)(H,33,37). The van der Waals surface area contributed by atoms with Gasteiger partial charge in [-0.1, -0.05) is 62.2 Å². The van der Waals surface area contributed by atoms with Gasteiger partial charge in [0.15, 0.2) is 0 Å². The Balaban J connectivity index is 2.46. The van der Waals surface area contributed by atoms with E-state index in [4.69, 9.17) is 11.2 Å². The van der Waals surface area contributed by atoms with Crippen LogP contribution in [0.3, 0.4) is 0 Å². The third-order valence-electron chi connectivity index (χ3n) is 5.74. The molecule has 3 amide bonds. The Morgan fingerprint density at radius 2 is 1.58 bits per heavy atom. The molecule has 0 bridgehead atoms. The van der Waals surface area contributed by atoms with E-state index in [0.717, 1.165) is 5.56 Å². The van der Waals surface area contributed by atoms with Gasteiger partial charge >= 0.3 is 6.09 Å². The maximum absolute atomic E-state index is 14.1. The molecular formula is C31H41N3O4. The zero-order chi connectivity index (χ0) is 28.5. The van der Waals surface area contributed by atoms with Gasteiger partial charge in [-0.3, -0.25) is 9.59 Å². The third kappa shape index (κ3) is 9.26. The predicted octanol–water partition coefficient (Wildman–Crippen LogP) is 5.20. The van der Waals surface area contributed by atoms with Crippen molar-refractivity contribution in [2.45, 2.75) is 85.2 Å². The van der Waals surface area contributed by atoms with E-state index in [2.05, 4.69) is 16.6 Å². The Morgan fingerprint density at radius 1 is 0.974 bits per heavy atom. The molecule has 2 atom stereocenters. The molecule has 0 spiro atoms. The normalized spacial score (nSPS) is 12.8. The van der Waals surface area contributed by atoms with Crippen molar-refractivity contribution in [3.8, 4) is 12.3 Å². The molecule has 0 radical (unpaired) electrons. The van der Waals surface area contributed by atoms with Gasteiger partial charge in [0, 0.05) is 18.2 Å². The summed E-state index contributed by atoms with van der Waals surface area (Å²) in [7, 11) is 0. The fourth-order valence-electron chi connectivity index (χ4n) is 4.08. The predicted molar refractivity (Wildman–Crippen MR) is 150 cm³/mol. The number of ether oxygens (including phenoxy) is 1. The lowest BCUT2D eigenvalue weighted by Gasteiger charge is -2.37. The SMILES string of the molecule is C#Cc1ccc(C(C(=O)NCc2ccccc2)N(C(=O)C(CC(C)C)NC(=O)OC(C)(C)C)C(C)C)cc1. The van der Waals surface area contributed by atoms with Crippen LogP contribution in [0.2, 0.25) is 0 Å².